The number of hydrogen-bond donors (Lipinski definition) is 3. The van der Waals surface area contributed by atoms with E-state index >= 15 is 0 Å². The maximum absolute atomic E-state index is 11.8. The van der Waals surface area contributed by atoms with Crippen molar-refractivity contribution in [1.82, 2.24) is 14.7 Å². The molecule has 0 saturated carbocycles. The maximum Gasteiger partial charge on any atom is 0.334 e. The molecule has 0 saturated heterocycles. The summed E-state index contributed by atoms with van der Waals surface area (Å²) in [5.41, 5.74) is 1.73. The predicted octanol–water partition coefficient (Wildman–Crippen LogP) is -0.182. The molecular weight excluding hydrogens is 250 g/mol. The normalized spacial score (nSPS) is 12.3. The number of carboxylic acid groups (broad SMARTS) is 1. The van der Waals surface area contributed by atoms with Crippen molar-refractivity contribution in [3.8, 4) is 0 Å². The van der Waals surface area contributed by atoms with Gasteiger partial charge >= 0.3 is 5.97 Å². The fourth-order valence-electron chi connectivity index (χ4n) is 1.63. The third kappa shape index (κ3) is 2.71. The summed E-state index contributed by atoms with van der Waals surface area (Å²) in [7, 11) is 0. The number of aliphatic hydroxyl groups excluding tert-OH is 1. The molecule has 0 bridgehead atoms. The smallest absolute Gasteiger partial charge is 0.334 e. The van der Waals surface area contributed by atoms with Crippen LogP contribution in [-0.2, 0) is 4.79 Å². The summed E-state index contributed by atoms with van der Waals surface area (Å²) in [5, 5.41) is 19.9. The summed E-state index contributed by atoms with van der Waals surface area (Å²) >= 11 is 0. The molecule has 7 nitrogen and oxygen atoms in total. The molecule has 1 unspecified atom stereocenters. The average Bonchev–Trinajstić information content (AvgIpc) is 2.80. The Hall–Kier alpha value is -2.41. The van der Waals surface area contributed by atoms with Gasteiger partial charge in [-0.1, -0.05) is 6.07 Å². The molecule has 1 atom stereocenters. The van der Waals surface area contributed by atoms with Crippen molar-refractivity contribution < 1.29 is 19.8 Å². The van der Waals surface area contributed by atoms with E-state index in [4.69, 9.17) is 10.2 Å². The molecule has 0 aliphatic heterocycles. The van der Waals surface area contributed by atoms with Gasteiger partial charge in [0.25, 0.3) is 5.91 Å². The second-order valence-electron chi connectivity index (χ2n) is 4.09. The van der Waals surface area contributed by atoms with E-state index in [1.54, 1.807) is 16.7 Å². The molecule has 0 spiro atoms. The van der Waals surface area contributed by atoms with Gasteiger partial charge < -0.3 is 19.9 Å². The number of aromatic nitrogens is 2. The first-order chi connectivity index (χ1) is 8.99. The van der Waals surface area contributed by atoms with Crippen LogP contribution in [0.1, 0.15) is 16.2 Å². The lowest BCUT2D eigenvalue weighted by Gasteiger charge is -2.05. The van der Waals surface area contributed by atoms with Gasteiger partial charge in [0.2, 0.25) is 0 Å². The Labute approximate surface area is 108 Å². The summed E-state index contributed by atoms with van der Waals surface area (Å²) in [6.07, 6.45) is -0.0598. The number of fused-ring (bicyclic) bond motifs is 1. The van der Waals surface area contributed by atoms with Crippen LogP contribution in [0, 0.1) is 6.92 Å². The molecule has 1 amide bonds. The lowest BCUT2D eigenvalue weighted by Crippen LogP contribution is -2.36. The number of carboxylic acids is 1. The largest absolute Gasteiger partial charge is 0.479 e. The fraction of sp³-hybridized carbons (Fsp3) is 0.250. The number of imidazole rings is 1. The highest BCUT2D eigenvalue weighted by molar-refractivity contribution is 5.93. The maximum atomic E-state index is 11.8. The van der Waals surface area contributed by atoms with Gasteiger partial charge in [-0.25, -0.2) is 9.78 Å². The highest BCUT2D eigenvalue weighted by Crippen LogP contribution is 2.08. The Balaban J connectivity index is 2.14. The number of rotatable bonds is 4. The molecular formula is C12H13N3O4. The van der Waals surface area contributed by atoms with Crippen LogP contribution in [0.2, 0.25) is 0 Å². The van der Waals surface area contributed by atoms with Gasteiger partial charge in [-0.05, 0) is 19.1 Å². The number of amides is 1. The molecule has 2 aromatic heterocycles. The number of pyridine rings is 1. The van der Waals surface area contributed by atoms with Crippen LogP contribution < -0.4 is 5.32 Å². The van der Waals surface area contributed by atoms with Gasteiger partial charge in [0, 0.05) is 11.9 Å². The molecule has 0 aliphatic carbocycles. The average molecular weight is 263 g/mol. The number of aliphatic hydroxyl groups is 1. The molecule has 0 aliphatic rings. The standard InChI is InChI=1S/C12H13N3O4/c1-7-3-2-4-10-14-8(6-15(7)10)11(17)13-5-9(16)12(18)19/h2-4,6,9,16H,5H2,1H3,(H,13,17)(H,18,19). The van der Waals surface area contributed by atoms with E-state index in [-0.39, 0.29) is 12.2 Å². The predicted molar refractivity (Wildman–Crippen MR) is 65.9 cm³/mol. The first-order valence-electron chi connectivity index (χ1n) is 5.63. The number of carbonyl (C=O) groups excluding carboxylic acids is 1. The number of carbonyl (C=O) groups is 2. The van der Waals surface area contributed by atoms with E-state index in [0.29, 0.717) is 5.65 Å². The summed E-state index contributed by atoms with van der Waals surface area (Å²) in [6, 6.07) is 5.47. The van der Waals surface area contributed by atoms with Crippen LogP contribution in [0.25, 0.3) is 5.65 Å². The van der Waals surface area contributed by atoms with Crippen molar-refractivity contribution >= 4 is 17.5 Å². The van der Waals surface area contributed by atoms with E-state index in [0.717, 1.165) is 5.69 Å². The molecule has 100 valence electrons. The van der Waals surface area contributed by atoms with E-state index in [1.807, 2.05) is 19.1 Å². The van der Waals surface area contributed by atoms with Crippen molar-refractivity contribution in [2.75, 3.05) is 6.54 Å². The Morgan fingerprint density at radius 3 is 2.84 bits per heavy atom. The lowest BCUT2D eigenvalue weighted by molar-refractivity contribution is -0.146. The van der Waals surface area contributed by atoms with Crippen LogP contribution in [0.4, 0.5) is 0 Å². The van der Waals surface area contributed by atoms with Gasteiger partial charge in [0.15, 0.2) is 6.10 Å². The highest BCUT2D eigenvalue weighted by atomic mass is 16.4. The van der Waals surface area contributed by atoms with E-state index in [2.05, 4.69) is 10.3 Å². The van der Waals surface area contributed by atoms with E-state index in [9.17, 15) is 9.59 Å². The molecule has 3 N–H and O–H groups in total. The second-order valence-corrected chi connectivity index (χ2v) is 4.09. The van der Waals surface area contributed by atoms with E-state index < -0.39 is 18.0 Å². The molecule has 0 aromatic carbocycles. The Bertz CT molecular complexity index is 635. The summed E-state index contributed by atoms with van der Waals surface area (Å²) in [4.78, 5) is 26.3. The highest BCUT2D eigenvalue weighted by Gasteiger charge is 2.16. The number of aryl methyl sites for hydroxylation is 1. The van der Waals surface area contributed by atoms with Crippen LogP contribution in [0.5, 0.6) is 0 Å². The van der Waals surface area contributed by atoms with Crippen molar-refractivity contribution in [3.63, 3.8) is 0 Å². The lowest BCUT2D eigenvalue weighted by atomic mass is 10.3. The molecule has 0 radical (unpaired) electrons. The van der Waals surface area contributed by atoms with Crippen LogP contribution in [0.15, 0.2) is 24.4 Å². The third-order valence-corrected chi connectivity index (χ3v) is 2.67. The van der Waals surface area contributed by atoms with Gasteiger partial charge in [0.05, 0.1) is 6.54 Å². The molecule has 2 heterocycles. The van der Waals surface area contributed by atoms with Crippen LogP contribution in [-0.4, -0.2) is 44.1 Å². The fourth-order valence-corrected chi connectivity index (χ4v) is 1.63. The zero-order valence-electron chi connectivity index (χ0n) is 10.2. The van der Waals surface area contributed by atoms with Crippen molar-refractivity contribution in [2.24, 2.45) is 0 Å². The quantitative estimate of drug-likeness (QED) is 0.709. The summed E-state index contributed by atoms with van der Waals surface area (Å²) < 4.78 is 1.75. The topological polar surface area (TPSA) is 104 Å². The van der Waals surface area contributed by atoms with Crippen molar-refractivity contribution in [3.05, 3.63) is 35.8 Å². The number of nitrogens with zero attached hydrogens (tertiary/aromatic N) is 2. The van der Waals surface area contributed by atoms with Gasteiger partial charge in [-0.15, -0.1) is 0 Å². The number of aliphatic carboxylic acids is 1. The van der Waals surface area contributed by atoms with Gasteiger partial charge in [0.1, 0.15) is 11.3 Å². The first kappa shape index (κ1) is 13.0. The van der Waals surface area contributed by atoms with Crippen LogP contribution >= 0.6 is 0 Å². The third-order valence-electron chi connectivity index (χ3n) is 2.67. The zero-order valence-corrected chi connectivity index (χ0v) is 10.2. The molecule has 19 heavy (non-hydrogen) atoms. The zero-order chi connectivity index (χ0) is 14.0. The molecule has 2 rings (SSSR count). The second kappa shape index (κ2) is 5.07. The Morgan fingerprint density at radius 1 is 1.47 bits per heavy atom. The van der Waals surface area contributed by atoms with Crippen molar-refractivity contribution in [1.29, 1.82) is 0 Å². The Morgan fingerprint density at radius 2 is 2.21 bits per heavy atom. The molecule has 0 fully saturated rings. The number of nitrogens with one attached hydrogen (secondary N) is 1. The summed E-state index contributed by atoms with van der Waals surface area (Å²) in [6.45, 7) is 1.52. The minimum absolute atomic E-state index is 0.173. The van der Waals surface area contributed by atoms with Gasteiger partial charge in [-0.3, -0.25) is 4.79 Å². The van der Waals surface area contributed by atoms with Crippen molar-refractivity contribution in [2.45, 2.75) is 13.0 Å². The first-order valence-corrected chi connectivity index (χ1v) is 5.63. The summed E-state index contributed by atoms with van der Waals surface area (Å²) in [5.74, 6) is -1.91. The SMILES string of the molecule is Cc1cccc2nc(C(=O)NCC(O)C(=O)O)cn12. The monoisotopic (exact) mass is 263 g/mol. The number of hydrogen-bond acceptors (Lipinski definition) is 4. The van der Waals surface area contributed by atoms with Crippen LogP contribution in [0.3, 0.4) is 0 Å². The Kier molecular flexibility index (Phi) is 3.48. The van der Waals surface area contributed by atoms with E-state index in [1.165, 1.54) is 0 Å². The minimum atomic E-state index is -1.62. The minimum Gasteiger partial charge on any atom is -0.479 e. The van der Waals surface area contributed by atoms with Gasteiger partial charge in [-0.2, -0.15) is 0 Å². The molecule has 7 heteroatoms. The molecule has 2 aromatic rings.